The van der Waals surface area contributed by atoms with Crippen molar-refractivity contribution in [2.24, 2.45) is 0 Å². The maximum atomic E-state index is 11.5. The molecule has 1 saturated heterocycles. The minimum Gasteiger partial charge on any atom is -0.480 e. The summed E-state index contributed by atoms with van der Waals surface area (Å²) in [5.41, 5.74) is 3.94. The van der Waals surface area contributed by atoms with Crippen molar-refractivity contribution >= 4 is 53.1 Å². The van der Waals surface area contributed by atoms with Gasteiger partial charge in [-0.1, -0.05) is 30.0 Å². The minimum atomic E-state index is -0.934. The number of hydrogen-bond acceptors (Lipinski definition) is 10. The highest BCUT2D eigenvalue weighted by Gasteiger charge is 2.30. The molecule has 40 heavy (non-hydrogen) atoms. The smallest absolute Gasteiger partial charge is 0.319 e. The Bertz CT molecular complexity index is 1380. The number of carboxylic acid groups (broad SMARTS) is 1. The van der Waals surface area contributed by atoms with Crippen molar-refractivity contribution in [2.45, 2.75) is 35.9 Å². The topological polar surface area (TPSA) is 110 Å². The van der Waals surface area contributed by atoms with E-state index >= 15 is 0 Å². The molecule has 1 aromatic carbocycles. The van der Waals surface area contributed by atoms with Crippen molar-refractivity contribution < 1.29 is 14.6 Å². The predicted molar refractivity (Wildman–Crippen MR) is 160 cm³/mol. The Morgan fingerprint density at radius 3 is 2.55 bits per heavy atom. The van der Waals surface area contributed by atoms with Crippen molar-refractivity contribution in [1.82, 2.24) is 24.7 Å². The van der Waals surface area contributed by atoms with Gasteiger partial charge in [-0.3, -0.25) is 4.79 Å². The van der Waals surface area contributed by atoms with Gasteiger partial charge in [-0.15, -0.1) is 23.7 Å². The monoisotopic (exact) mass is 601 g/mol. The SMILES string of the molecule is CC(C)(Sc1nc(CCN(Cc2cnn(-c3ccccc3)c2)c2ncc(N3CCOCC3)cn2)cs1)C(=O)O.Cl. The number of anilines is 2. The summed E-state index contributed by atoms with van der Waals surface area (Å²) in [7, 11) is 0. The Hall–Kier alpha value is -3.19. The third-order valence-corrected chi connectivity index (χ3v) is 8.51. The second-order valence-electron chi connectivity index (χ2n) is 9.66. The third-order valence-electron chi connectivity index (χ3n) is 6.34. The number of benzene rings is 1. The summed E-state index contributed by atoms with van der Waals surface area (Å²) in [6.45, 7) is 7.67. The van der Waals surface area contributed by atoms with Crippen LogP contribution in [0.5, 0.6) is 0 Å². The molecule has 0 radical (unpaired) electrons. The molecule has 1 aliphatic rings. The Labute approximate surface area is 247 Å². The fourth-order valence-corrected chi connectivity index (χ4v) is 6.28. The van der Waals surface area contributed by atoms with E-state index in [0.717, 1.165) is 40.1 Å². The van der Waals surface area contributed by atoms with Gasteiger partial charge in [-0.05, 0) is 26.0 Å². The normalized spacial score (nSPS) is 13.6. The largest absolute Gasteiger partial charge is 0.480 e. The number of carboxylic acids is 1. The highest BCUT2D eigenvalue weighted by molar-refractivity contribution is 8.03. The van der Waals surface area contributed by atoms with Gasteiger partial charge in [0.1, 0.15) is 4.75 Å². The molecule has 0 spiro atoms. The van der Waals surface area contributed by atoms with Crippen LogP contribution < -0.4 is 9.80 Å². The maximum Gasteiger partial charge on any atom is 0.319 e. The maximum absolute atomic E-state index is 11.5. The van der Waals surface area contributed by atoms with E-state index in [1.807, 2.05) is 65.2 Å². The van der Waals surface area contributed by atoms with Crippen LogP contribution in [-0.4, -0.2) is 73.4 Å². The van der Waals surface area contributed by atoms with Crippen LogP contribution in [-0.2, 0) is 22.5 Å². The standard InChI is InChI=1S/C27H31N7O3S2.ClH/c1-27(2,24(35)36)39-26-31-21(19-38-26)8-9-33(17-20-14-30-34(18-20)22-6-4-3-5-7-22)25-28-15-23(16-29-25)32-10-12-37-13-11-32;/h3-7,14-16,18-19H,8-13,17H2,1-2H3,(H,35,36);1H. The number of aliphatic carboxylic acids is 1. The summed E-state index contributed by atoms with van der Waals surface area (Å²) in [6.07, 6.45) is 8.31. The molecule has 1 fully saturated rings. The van der Waals surface area contributed by atoms with Crippen LogP contribution in [0.15, 0.2) is 64.8 Å². The van der Waals surface area contributed by atoms with E-state index in [4.69, 9.17) is 14.7 Å². The number of ether oxygens (including phenoxy) is 1. The van der Waals surface area contributed by atoms with Crippen LogP contribution in [0.2, 0.25) is 0 Å². The highest BCUT2D eigenvalue weighted by atomic mass is 35.5. The lowest BCUT2D eigenvalue weighted by Gasteiger charge is -2.28. The number of nitrogens with zero attached hydrogens (tertiary/aromatic N) is 7. The fraction of sp³-hybridized carbons (Fsp3) is 0.370. The molecule has 0 atom stereocenters. The van der Waals surface area contributed by atoms with E-state index in [2.05, 4.69) is 19.9 Å². The number of halogens is 1. The van der Waals surface area contributed by atoms with Gasteiger partial charge < -0.3 is 19.6 Å². The Morgan fingerprint density at radius 1 is 1.12 bits per heavy atom. The molecule has 1 N–H and O–H groups in total. The van der Waals surface area contributed by atoms with Crippen LogP contribution in [0, 0.1) is 0 Å². The van der Waals surface area contributed by atoms with Crippen LogP contribution in [0.25, 0.3) is 5.69 Å². The molecule has 4 heterocycles. The first kappa shape index (κ1) is 29.8. The molecule has 0 saturated carbocycles. The molecule has 1 aliphatic heterocycles. The Morgan fingerprint density at radius 2 is 1.85 bits per heavy atom. The number of para-hydroxylation sites is 1. The predicted octanol–water partition coefficient (Wildman–Crippen LogP) is 4.58. The van der Waals surface area contributed by atoms with Crippen molar-refractivity contribution in [3.8, 4) is 5.69 Å². The lowest BCUT2D eigenvalue weighted by molar-refractivity contribution is -0.138. The Balaban J connectivity index is 0.00000370. The zero-order chi connectivity index (χ0) is 27.2. The molecule has 13 heteroatoms. The van der Waals surface area contributed by atoms with Gasteiger partial charge in [0.05, 0.1) is 48.9 Å². The lowest BCUT2D eigenvalue weighted by atomic mass is 10.2. The molecule has 0 aliphatic carbocycles. The van der Waals surface area contributed by atoms with Crippen molar-refractivity contribution in [3.05, 3.63) is 71.8 Å². The number of carbonyl (C=O) groups is 1. The second kappa shape index (κ2) is 13.4. The first-order chi connectivity index (χ1) is 18.9. The number of hydrogen-bond donors (Lipinski definition) is 1. The number of aromatic nitrogens is 5. The van der Waals surface area contributed by atoms with E-state index in [-0.39, 0.29) is 12.4 Å². The van der Waals surface area contributed by atoms with E-state index < -0.39 is 10.7 Å². The lowest BCUT2D eigenvalue weighted by Crippen LogP contribution is -2.36. The zero-order valence-electron chi connectivity index (χ0n) is 22.3. The van der Waals surface area contributed by atoms with Gasteiger partial charge in [0.15, 0.2) is 4.34 Å². The van der Waals surface area contributed by atoms with Crippen LogP contribution >= 0.6 is 35.5 Å². The molecular formula is C27H32ClN7O3S2. The average Bonchev–Trinajstić information content (AvgIpc) is 3.61. The number of morpholine rings is 1. The summed E-state index contributed by atoms with van der Waals surface area (Å²) in [6, 6.07) is 10.0. The molecule has 5 rings (SSSR count). The van der Waals surface area contributed by atoms with Gasteiger partial charge in [-0.2, -0.15) is 5.10 Å². The Kier molecular flexibility index (Phi) is 10.0. The number of rotatable bonds is 11. The summed E-state index contributed by atoms with van der Waals surface area (Å²) in [5.74, 6) is -0.222. The third kappa shape index (κ3) is 7.51. The summed E-state index contributed by atoms with van der Waals surface area (Å²) < 4.78 is 7.14. The number of thioether (sulfide) groups is 1. The molecule has 0 amide bonds. The quantitative estimate of drug-likeness (QED) is 0.245. The first-order valence-corrected chi connectivity index (χ1v) is 14.4. The molecule has 0 unspecified atom stereocenters. The van der Waals surface area contributed by atoms with Crippen molar-refractivity contribution in [2.75, 3.05) is 42.6 Å². The van der Waals surface area contributed by atoms with Gasteiger partial charge >= 0.3 is 5.97 Å². The van der Waals surface area contributed by atoms with Gasteiger partial charge in [0.25, 0.3) is 0 Å². The molecule has 0 bridgehead atoms. The summed E-state index contributed by atoms with van der Waals surface area (Å²) in [5, 5.41) is 16.0. The molecule has 4 aromatic rings. The molecular weight excluding hydrogens is 570 g/mol. The van der Waals surface area contributed by atoms with E-state index in [9.17, 15) is 9.90 Å². The average molecular weight is 602 g/mol. The number of thiazole rings is 1. The van der Waals surface area contributed by atoms with E-state index in [0.29, 0.717) is 38.7 Å². The summed E-state index contributed by atoms with van der Waals surface area (Å²) >= 11 is 2.74. The van der Waals surface area contributed by atoms with Crippen LogP contribution in [0.4, 0.5) is 11.6 Å². The van der Waals surface area contributed by atoms with Gasteiger partial charge in [0, 0.05) is 49.7 Å². The van der Waals surface area contributed by atoms with Crippen LogP contribution in [0.1, 0.15) is 25.1 Å². The highest BCUT2D eigenvalue weighted by Crippen LogP contribution is 2.34. The molecule has 3 aromatic heterocycles. The summed E-state index contributed by atoms with van der Waals surface area (Å²) in [4.78, 5) is 30.0. The minimum absolute atomic E-state index is 0. The second-order valence-corrected chi connectivity index (χ2v) is 12.4. The van der Waals surface area contributed by atoms with E-state index in [1.165, 1.54) is 23.1 Å². The van der Waals surface area contributed by atoms with Crippen molar-refractivity contribution in [1.29, 1.82) is 0 Å². The van der Waals surface area contributed by atoms with E-state index in [1.54, 1.807) is 13.8 Å². The molecule has 212 valence electrons. The fourth-order valence-electron chi connectivity index (χ4n) is 4.06. The zero-order valence-corrected chi connectivity index (χ0v) is 24.8. The van der Waals surface area contributed by atoms with Crippen molar-refractivity contribution in [3.63, 3.8) is 0 Å². The van der Waals surface area contributed by atoms with Gasteiger partial charge in [0.2, 0.25) is 5.95 Å². The first-order valence-electron chi connectivity index (χ1n) is 12.7. The van der Waals surface area contributed by atoms with Gasteiger partial charge in [-0.25, -0.2) is 19.6 Å². The van der Waals surface area contributed by atoms with Crippen LogP contribution in [0.3, 0.4) is 0 Å². The molecule has 10 nitrogen and oxygen atoms in total.